The second-order valence-corrected chi connectivity index (χ2v) is 12.6. The SMILES string of the molecule is CC(=CCC[C@@H](C)[C@H]1CC[C@H]2[C@@H]3CC=C4C5(CC5)C(=O)CC[C@]4(C)[C@H]3CC[C@]12C)CO. The van der Waals surface area contributed by atoms with E-state index in [1.807, 2.05) is 6.92 Å². The molecule has 2 heteroatoms. The monoisotopic (exact) mass is 424 g/mol. The summed E-state index contributed by atoms with van der Waals surface area (Å²) in [7, 11) is 0. The number of hydrogen-bond acceptors (Lipinski definition) is 2. The molecule has 0 unspecified atom stereocenters. The van der Waals surface area contributed by atoms with Gasteiger partial charge in [-0.2, -0.15) is 0 Å². The molecule has 0 amide bonds. The molecule has 5 aliphatic carbocycles. The van der Waals surface area contributed by atoms with Gasteiger partial charge >= 0.3 is 0 Å². The molecule has 172 valence electrons. The highest BCUT2D eigenvalue weighted by atomic mass is 16.3. The predicted molar refractivity (Wildman–Crippen MR) is 126 cm³/mol. The quantitative estimate of drug-likeness (QED) is 0.488. The van der Waals surface area contributed by atoms with Gasteiger partial charge in [-0.05, 0) is 112 Å². The van der Waals surface area contributed by atoms with Crippen LogP contribution in [0.5, 0.6) is 0 Å². The fraction of sp³-hybridized carbons (Fsp3) is 0.828. The topological polar surface area (TPSA) is 37.3 Å². The molecule has 1 N–H and O–H groups in total. The van der Waals surface area contributed by atoms with Crippen LogP contribution in [-0.2, 0) is 4.79 Å². The van der Waals surface area contributed by atoms with E-state index in [4.69, 9.17) is 0 Å². The average molecular weight is 425 g/mol. The van der Waals surface area contributed by atoms with Crippen LogP contribution in [-0.4, -0.2) is 17.5 Å². The summed E-state index contributed by atoms with van der Waals surface area (Å²) in [6, 6.07) is 0. The molecule has 0 aliphatic heterocycles. The van der Waals surface area contributed by atoms with Crippen molar-refractivity contribution in [2.75, 3.05) is 6.61 Å². The maximum atomic E-state index is 12.8. The number of carbonyl (C=O) groups is 1. The number of rotatable bonds is 5. The van der Waals surface area contributed by atoms with E-state index in [1.54, 1.807) is 5.57 Å². The lowest BCUT2D eigenvalue weighted by atomic mass is 9.45. The number of aliphatic hydroxyl groups excluding tert-OH is 1. The number of ketones is 1. The molecule has 0 aromatic heterocycles. The predicted octanol–water partition coefficient (Wildman–Crippen LogP) is 6.88. The molecule has 0 radical (unpaired) electrons. The van der Waals surface area contributed by atoms with Crippen molar-refractivity contribution in [1.82, 2.24) is 0 Å². The van der Waals surface area contributed by atoms with E-state index >= 15 is 0 Å². The first-order chi connectivity index (χ1) is 14.8. The molecule has 4 fully saturated rings. The van der Waals surface area contributed by atoms with Crippen molar-refractivity contribution in [3.05, 3.63) is 23.3 Å². The van der Waals surface area contributed by atoms with E-state index in [1.165, 1.54) is 38.5 Å². The molecule has 1 spiro atoms. The van der Waals surface area contributed by atoms with Crippen LogP contribution in [0.15, 0.2) is 23.3 Å². The molecule has 31 heavy (non-hydrogen) atoms. The highest BCUT2D eigenvalue weighted by Gasteiger charge is 2.65. The third-order valence-corrected chi connectivity index (χ3v) is 11.3. The molecular formula is C29H44O2. The molecule has 4 saturated carbocycles. The fourth-order valence-electron chi connectivity index (χ4n) is 9.43. The first kappa shape index (κ1) is 21.9. The highest BCUT2D eigenvalue weighted by molar-refractivity contribution is 5.92. The Hall–Kier alpha value is -0.890. The first-order valence-corrected chi connectivity index (χ1v) is 13.3. The van der Waals surface area contributed by atoms with E-state index in [9.17, 15) is 9.90 Å². The Morgan fingerprint density at radius 1 is 1.16 bits per heavy atom. The van der Waals surface area contributed by atoms with Gasteiger partial charge in [0.25, 0.3) is 0 Å². The summed E-state index contributed by atoms with van der Waals surface area (Å²) < 4.78 is 0. The van der Waals surface area contributed by atoms with E-state index in [0.717, 1.165) is 67.3 Å². The van der Waals surface area contributed by atoms with Gasteiger partial charge < -0.3 is 5.11 Å². The Balaban J connectivity index is 1.35. The Kier molecular flexibility index (Phi) is 5.36. The summed E-state index contributed by atoms with van der Waals surface area (Å²) in [6.45, 7) is 9.92. The van der Waals surface area contributed by atoms with E-state index < -0.39 is 0 Å². The van der Waals surface area contributed by atoms with Crippen molar-refractivity contribution in [3.63, 3.8) is 0 Å². The van der Waals surface area contributed by atoms with Gasteiger partial charge in [-0.25, -0.2) is 0 Å². The smallest absolute Gasteiger partial charge is 0.143 e. The summed E-state index contributed by atoms with van der Waals surface area (Å²) in [5.74, 6) is 4.70. The van der Waals surface area contributed by atoms with Crippen LogP contribution in [0.4, 0.5) is 0 Å². The van der Waals surface area contributed by atoms with Crippen molar-refractivity contribution >= 4 is 5.78 Å². The van der Waals surface area contributed by atoms with Gasteiger partial charge in [-0.15, -0.1) is 0 Å². The van der Waals surface area contributed by atoms with Gasteiger partial charge in [0.15, 0.2) is 0 Å². The number of allylic oxidation sites excluding steroid dienone is 3. The Morgan fingerprint density at radius 2 is 1.94 bits per heavy atom. The van der Waals surface area contributed by atoms with Gasteiger partial charge in [0.2, 0.25) is 0 Å². The van der Waals surface area contributed by atoms with Crippen LogP contribution in [0.2, 0.25) is 0 Å². The summed E-state index contributed by atoms with van der Waals surface area (Å²) in [6.07, 6.45) is 18.2. The number of carbonyl (C=O) groups excluding carboxylic acids is 1. The molecular weight excluding hydrogens is 380 g/mol. The Bertz CT molecular complexity index is 802. The molecule has 5 rings (SSSR count). The second kappa shape index (κ2) is 7.57. The number of Topliss-reactive ketones (excluding diaryl/α,β-unsaturated/α-hetero) is 1. The highest BCUT2D eigenvalue weighted by Crippen LogP contribution is 2.72. The largest absolute Gasteiger partial charge is 0.392 e. The fourth-order valence-corrected chi connectivity index (χ4v) is 9.43. The summed E-state index contributed by atoms with van der Waals surface area (Å²) >= 11 is 0. The third-order valence-electron chi connectivity index (χ3n) is 11.3. The van der Waals surface area contributed by atoms with E-state index in [0.29, 0.717) is 16.6 Å². The van der Waals surface area contributed by atoms with Crippen LogP contribution in [0.25, 0.3) is 0 Å². The average Bonchev–Trinajstić information content (AvgIpc) is 3.45. The van der Waals surface area contributed by atoms with Gasteiger partial charge in [-0.3, -0.25) is 4.79 Å². The van der Waals surface area contributed by atoms with Crippen LogP contribution < -0.4 is 0 Å². The minimum atomic E-state index is -0.00827. The molecule has 0 aromatic rings. The zero-order chi connectivity index (χ0) is 22.0. The summed E-state index contributed by atoms with van der Waals surface area (Å²) in [5.41, 5.74) is 3.49. The van der Waals surface area contributed by atoms with Gasteiger partial charge in [0.1, 0.15) is 5.78 Å². The Morgan fingerprint density at radius 3 is 2.65 bits per heavy atom. The standard InChI is InChI=1S/C29H44O2/c1-19(18-30)6-5-7-20(2)22-9-10-23-21-8-11-25-28(4,24(21)12-14-27(22,23)3)15-13-26(31)29(25)16-17-29/h6,11,20-24,30H,5,7-10,12-18H2,1-4H3/t20-,21+,22-,23+,24+,27-,28-/m1/s1. The van der Waals surface area contributed by atoms with Crippen LogP contribution >= 0.6 is 0 Å². The van der Waals surface area contributed by atoms with Crippen molar-refractivity contribution in [2.45, 2.75) is 98.3 Å². The van der Waals surface area contributed by atoms with Crippen molar-refractivity contribution in [1.29, 1.82) is 0 Å². The van der Waals surface area contributed by atoms with Crippen LogP contribution in [0, 0.1) is 45.8 Å². The normalized spacial score (nSPS) is 44.4. The lowest BCUT2D eigenvalue weighted by Gasteiger charge is -2.59. The van der Waals surface area contributed by atoms with Crippen molar-refractivity contribution in [2.24, 2.45) is 45.8 Å². The zero-order valence-corrected chi connectivity index (χ0v) is 20.4. The maximum Gasteiger partial charge on any atom is 0.143 e. The van der Waals surface area contributed by atoms with Crippen LogP contribution in [0.3, 0.4) is 0 Å². The molecule has 2 nitrogen and oxygen atoms in total. The third kappa shape index (κ3) is 3.17. The van der Waals surface area contributed by atoms with E-state index in [-0.39, 0.29) is 12.0 Å². The number of fused-ring (bicyclic) bond motifs is 6. The number of hydrogen-bond donors (Lipinski definition) is 1. The van der Waals surface area contributed by atoms with Crippen molar-refractivity contribution < 1.29 is 9.90 Å². The maximum absolute atomic E-state index is 12.8. The molecule has 0 bridgehead atoms. The molecule has 0 saturated heterocycles. The van der Waals surface area contributed by atoms with Gasteiger partial charge in [0, 0.05) is 6.42 Å². The minimum absolute atomic E-state index is 0.00827. The molecule has 0 aromatic carbocycles. The van der Waals surface area contributed by atoms with Crippen LogP contribution in [0.1, 0.15) is 98.3 Å². The van der Waals surface area contributed by atoms with E-state index in [2.05, 4.69) is 32.9 Å². The number of aliphatic hydroxyl groups is 1. The summed E-state index contributed by atoms with van der Waals surface area (Å²) in [4.78, 5) is 12.8. The lowest BCUT2D eigenvalue weighted by Crippen LogP contribution is -2.52. The lowest BCUT2D eigenvalue weighted by molar-refractivity contribution is -0.128. The molecule has 5 aliphatic rings. The van der Waals surface area contributed by atoms with Gasteiger partial charge in [0.05, 0.1) is 12.0 Å². The molecule has 7 atom stereocenters. The minimum Gasteiger partial charge on any atom is -0.392 e. The van der Waals surface area contributed by atoms with Crippen molar-refractivity contribution in [3.8, 4) is 0 Å². The molecule has 0 heterocycles. The zero-order valence-electron chi connectivity index (χ0n) is 20.4. The van der Waals surface area contributed by atoms with Gasteiger partial charge in [-0.1, -0.05) is 44.1 Å². The Labute approximate surface area is 190 Å². The summed E-state index contributed by atoms with van der Waals surface area (Å²) in [5, 5.41) is 9.28. The first-order valence-electron chi connectivity index (χ1n) is 13.3. The second-order valence-electron chi connectivity index (χ2n) is 12.6.